The number of aromatic nitrogens is 1. The van der Waals surface area contributed by atoms with Crippen LogP contribution >= 0.6 is 23.1 Å². The average molecular weight is 470 g/mol. The van der Waals surface area contributed by atoms with Gasteiger partial charge in [-0.2, -0.15) is 17.0 Å². The highest BCUT2D eigenvalue weighted by molar-refractivity contribution is 7.98. The van der Waals surface area contributed by atoms with Gasteiger partial charge < -0.3 is 14.2 Å². The lowest BCUT2D eigenvalue weighted by molar-refractivity contribution is -0.121. The van der Waals surface area contributed by atoms with Crippen LogP contribution in [0.3, 0.4) is 0 Å². The van der Waals surface area contributed by atoms with E-state index in [1.807, 2.05) is 46.9 Å². The molecular weight excluding hydrogens is 449 g/mol. The fourth-order valence-corrected chi connectivity index (χ4v) is 5.97. The molecule has 1 aliphatic heterocycles. The molecule has 0 unspecified atom stereocenters. The number of thiophene rings is 1. The third kappa shape index (κ3) is 4.71. The summed E-state index contributed by atoms with van der Waals surface area (Å²) in [5.41, 5.74) is 1.95. The molecule has 1 aromatic carbocycles. The van der Waals surface area contributed by atoms with Crippen molar-refractivity contribution in [2.75, 3.05) is 23.8 Å². The molecule has 0 aliphatic carbocycles. The summed E-state index contributed by atoms with van der Waals surface area (Å²) in [7, 11) is 0. The first kappa shape index (κ1) is 22.1. The second kappa shape index (κ2) is 10.0. The maximum absolute atomic E-state index is 13.3. The minimum absolute atomic E-state index is 0.102. The van der Waals surface area contributed by atoms with E-state index >= 15 is 0 Å². The zero-order chi connectivity index (χ0) is 22.5. The fraction of sp³-hybridized carbons (Fsp3) is 0.261. The van der Waals surface area contributed by atoms with Crippen molar-refractivity contribution in [3.8, 4) is 11.1 Å². The Balaban J connectivity index is 1.54. The highest BCUT2D eigenvalue weighted by atomic mass is 32.2. The maximum atomic E-state index is 13.3. The average Bonchev–Trinajstić information content (AvgIpc) is 3.46. The Bertz CT molecular complexity index is 1150. The number of thioether (sulfide) groups is 1. The summed E-state index contributed by atoms with van der Waals surface area (Å²) in [5, 5.41) is 9.72. The second-order valence-corrected chi connectivity index (χ2v) is 9.27. The van der Waals surface area contributed by atoms with Crippen LogP contribution in [0.5, 0.6) is 0 Å². The van der Waals surface area contributed by atoms with Crippen molar-refractivity contribution in [2.24, 2.45) is 0 Å². The van der Waals surface area contributed by atoms with Crippen LogP contribution in [0.4, 0.5) is 10.1 Å². The van der Waals surface area contributed by atoms with Crippen LogP contribution in [0.15, 0.2) is 48.8 Å². The molecule has 0 atom stereocenters. The van der Waals surface area contributed by atoms with Gasteiger partial charge in [0.15, 0.2) is 6.61 Å². The van der Waals surface area contributed by atoms with E-state index in [9.17, 15) is 14.0 Å². The topological polar surface area (TPSA) is 75.3 Å². The molecule has 1 aliphatic rings. The van der Waals surface area contributed by atoms with Crippen molar-refractivity contribution in [2.45, 2.75) is 18.6 Å². The van der Waals surface area contributed by atoms with Gasteiger partial charge in [0.1, 0.15) is 10.8 Å². The number of rotatable bonds is 7. The zero-order valence-corrected chi connectivity index (χ0v) is 18.8. The summed E-state index contributed by atoms with van der Waals surface area (Å²) >= 11 is 3.40. The molecule has 32 heavy (non-hydrogen) atoms. The molecular formula is C23H20FN3O3S2. The molecule has 1 amide bonds. The van der Waals surface area contributed by atoms with Crippen molar-refractivity contribution < 1.29 is 18.7 Å². The number of halogens is 1. The number of amides is 1. The van der Waals surface area contributed by atoms with Gasteiger partial charge in [-0.15, -0.1) is 11.3 Å². The minimum atomic E-state index is -0.536. The predicted molar refractivity (Wildman–Crippen MR) is 123 cm³/mol. The third-order valence-corrected chi connectivity index (χ3v) is 7.47. The first-order valence-electron chi connectivity index (χ1n) is 10.0. The van der Waals surface area contributed by atoms with Gasteiger partial charge in [0.2, 0.25) is 0 Å². The highest BCUT2D eigenvalue weighted by Crippen LogP contribution is 2.38. The van der Waals surface area contributed by atoms with Crippen molar-refractivity contribution >= 4 is 40.7 Å². The van der Waals surface area contributed by atoms with Gasteiger partial charge in [0.05, 0.1) is 18.1 Å². The molecule has 6 nitrogen and oxygen atoms in total. The number of fused-ring (bicyclic) bond motifs is 1. The lowest BCUT2D eigenvalue weighted by Gasteiger charge is -2.22. The molecule has 0 bridgehead atoms. The van der Waals surface area contributed by atoms with Crippen molar-refractivity contribution in [3.63, 3.8) is 0 Å². The number of carbonyl (C=O) groups excluding carboxylic acids is 2. The van der Waals surface area contributed by atoms with Gasteiger partial charge in [0, 0.05) is 35.3 Å². The summed E-state index contributed by atoms with van der Waals surface area (Å²) in [6.45, 7) is -0.343. The lowest BCUT2D eigenvalue weighted by atomic mass is 10.1. The van der Waals surface area contributed by atoms with E-state index in [1.165, 1.54) is 29.2 Å². The number of hydrogen-bond donors (Lipinski definition) is 0. The number of carbonyl (C=O) groups is 2. The Morgan fingerprint density at radius 2 is 1.97 bits per heavy atom. The number of ether oxygens (including phenoxy) is 1. The van der Waals surface area contributed by atoms with Crippen molar-refractivity contribution in [1.29, 1.82) is 5.26 Å². The first-order chi connectivity index (χ1) is 15.6. The van der Waals surface area contributed by atoms with Crippen LogP contribution in [0.1, 0.15) is 27.2 Å². The van der Waals surface area contributed by atoms with E-state index in [1.54, 1.807) is 11.3 Å². The number of nitriles is 1. The van der Waals surface area contributed by atoms with Crippen LogP contribution in [0, 0.1) is 17.1 Å². The Labute approximate surface area is 193 Å². The maximum Gasteiger partial charge on any atom is 0.341 e. The molecule has 164 valence electrons. The molecule has 0 saturated carbocycles. The first-order valence-corrected chi connectivity index (χ1v) is 12.0. The fourth-order valence-electron chi connectivity index (χ4n) is 3.54. The number of anilines is 1. The largest absolute Gasteiger partial charge is 0.452 e. The summed E-state index contributed by atoms with van der Waals surface area (Å²) < 4.78 is 20.6. The number of esters is 1. The molecule has 0 N–H and O–H groups in total. The van der Waals surface area contributed by atoms with Crippen LogP contribution in [-0.4, -0.2) is 35.3 Å². The minimum Gasteiger partial charge on any atom is -0.452 e. The van der Waals surface area contributed by atoms with Crippen LogP contribution in [-0.2, 0) is 21.7 Å². The number of hydrogen-bond acceptors (Lipinski definition) is 6. The van der Waals surface area contributed by atoms with E-state index in [0.29, 0.717) is 11.3 Å². The standard InChI is InChI=1S/C23H20FN3O3S2/c24-16-4-6-17(7-5-16)27(12-3-9-25)20(28)14-30-23(29)21-18-8-13-31-15-19(18)32-22(21)26-10-1-2-11-26/h1-2,4-7,10-11H,3,8,12-15H2. The number of nitrogens with zero attached hydrogens (tertiary/aromatic N) is 3. The van der Waals surface area contributed by atoms with Gasteiger partial charge in [0.25, 0.3) is 5.91 Å². The van der Waals surface area contributed by atoms with Gasteiger partial charge in [-0.25, -0.2) is 9.18 Å². The SMILES string of the molecule is N#CCCN(C(=O)COC(=O)c1c(-n2cccc2)sc2c1CCSC2)c1ccc(F)cc1. The van der Waals surface area contributed by atoms with E-state index in [-0.39, 0.29) is 13.0 Å². The lowest BCUT2D eigenvalue weighted by Crippen LogP contribution is -2.35. The van der Waals surface area contributed by atoms with Gasteiger partial charge >= 0.3 is 5.97 Å². The van der Waals surface area contributed by atoms with E-state index < -0.39 is 24.3 Å². The molecule has 0 radical (unpaired) electrons. The molecule has 3 aromatic rings. The van der Waals surface area contributed by atoms with Gasteiger partial charge in [-0.05, 0) is 54.1 Å². The van der Waals surface area contributed by atoms with Gasteiger partial charge in [-0.3, -0.25) is 4.79 Å². The smallest absolute Gasteiger partial charge is 0.341 e. The van der Waals surface area contributed by atoms with Crippen LogP contribution in [0.25, 0.3) is 5.00 Å². The second-order valence-electron chi connectivity index (χ2n) is 7.08. The van der Waals surface area contributed by atoms with Crippen molar-refractivity contribution in [1.82, 2.24) is 4.57 Å². The summed E-state index contributed by atoms with van der Waals surface area (Å²) in [4.78, 5) is 28.5. The quantitative estimate of drug-likeness (QED) is 0.474. The van der Waals surface area contributed by atoms with Crippen molar-refractivity contribution in [3.05, 3.63) is 70.6 Å². The van der Waals surface area contributed by atoms with Crippen LogP contribution in [0.2, 0.25) is 0 Å². The van der Waals surface area contributed by atoms with E-state index in [2.05, 4.69) is 0 Å². The Morgan fingerprint density at radius 3 is 2.69 bits per heavy atom. The molecule has 0 fully saturated rings. The zero-order valence-electron chi connectivity index (χ0n) is 17.1. The van der Waals surface area contributed by atoms with E-state index in [0.717, 1.165) is 33.4 Å². The van der Waals surface area contributed by atoms with E-state index in [4.69, 9.17) is 10.00 Å². The van der Waals surface area contributed by atoms with Crippen LogP contribution < -0.4 is 4.90 Å². The highest BCUT2D eigenvalue weighted by Gasteiger charge is 2.28. The Kier molecular flexibility index (Phi) is 6.93. The number of benzene rings is 1. The monoisotopic (exact) mass is 469 g/mol. The summed E-state index contributed by atoms with van der Waals surface area (Å²) in [6.07, 6.45) is 4.64. The Hall–Kier alpha value is -3.09. The Morgan fingerprint density at radius 1 is 1.22 bits per heavy atom. The summed E-state index contributed by atoms with van der Waals surface area (Å²) in [5.74, 6) is 0.354. The van der Waals surface area contributed by atoms with Gasteiger partial charge in [-0.1, -0.05) is 0 Å². The normalized spacial score (nSPS) is 12.6. The molecule has 4 rings (SSSR count). The molecule has 0 saturated heterocycles. The molecule has 0 spiro atoms. The molecule has 9 heteroatoms. The predicted octanol–water partition coefficient (Wildman–Crippen LogP) is 4.57. The third-order valence-electron chi connectivity index (χ3n) is 5.06. The molecule has 2 aromatic heterocycles. The summed E-state index contributed by atoms with van der Waals surface area (Å²) in [6, 6.07) is 11.2. The molecule has 3 heterocycles.